The van der Waals surface area contributed by atoms with Gasteiger partial charge in [0.1, 0.15) is 5.82 Å². The molecular formula is C17H20FN. The Kier molecular flexibility index (Phi) is 4.69. The van der Waals surface area contributed by atoms with E-state index in [4.69, 9.17) is 0 Å². The zero-order valence-corrected chi connectivity index (χ0v) is 11.5. The Morgan fingerprint density at radius 2 is 1.74 bits per heavy atom. The van der Waals surface area contributed by atoms with Gasteiger partial charge in [0, 0.05) is 5.56 Å². The van der Waals surface area contributed by atoms with Gasteiger partial charge in [-0.05, 0) is 31.5 Å². The van der Waals surface area contributed by atoms with Gasteiger partial charge in [-0.3, -0.25) is 0 Å². The topological polar surface area (TPSA) is 12.0 Å². The molecule has 2 aromatic carbocycles. The van der Waals surface area contributed by atoms with Gasteiger partial charge in [-0.25, -0.2) is 4.39 Å². The molecular weight excluding hydrogens is 237 g/mol. The first kappa shape index (κ1) is 13.8. The lowest BCUT2D eigenvalue weighted by molar-refractivity contribution is 0.546. The summed E-state index contributed by atoms with van der Waals surface area (Å²) in [7, 11) is 0. The number of nitrogens with one attached hydrogen (secondary N) is 1. The number of hydrogen-bond acceptors (Lipinski definition) is 1. The molecule has 0 aromatic heterocycles. The molecule has 19 heavy (non-hydrogen) atoms. The predicted molar refractivity (Wildman–Crippen MR) is 77.7 cm³/mol. The lowest BCUT2D eigenvalue weighted by Crippen LogP contribution is -2.24. The van der Waals surface area contributed by atoms with Crippen LogP contribution in [0.25, 0.3) is 0 Å². The monoisotopic (exact) mass is 257 g/mol. The molecule has 0 saturated carbocycles. The highest BCUT2D eigenvalue weighted by Gasteiger charge is 2.16. The third kappa shape index (κ3) is 3.42. The number of halogens is 1. The van der Waals surface area contributed by atoms with Crippen molar-refractivity contribution >= 4 is 0 Å². The van der Waals surface area contributed by atoms with Gasteiger partial charge in [0.15, 0.2) is 0 Å². The summed E-state index contributed by atoms with van der Waals surface area (Å²) >= 11 is 0. The van der Waals surface area contributed by atoms with Crippen molar-refractivity contribution in [2.75, 3.05) is 6.54 Å². The second-order valence-corrected chi connectivity index (χ2v) is 4.82. The van der Waals surface area contributed by atoms with Gasteiger partial charge < -0.3 is 5.32 Å². The number of benzene rings is 2. The normalized spacial score (nSPS) is 12.4. The minimum Gasteiger partial charge on any atom is -0.306 e. The Bertz CT molecular complexity index is 519. The molecule has 0 bridgehead atoms. The minimum absolute atomic E-state index is 0.0817. The fourth-order valence-corrected chi connectivity index (χ4v) is 2.16. The predicted octanol–water partition coefficient (Wildman–Crippen LogP) is 4.22. The van der Waals surface area contributed by atoms with E-state index in [1.807, 2.05) is 12.1 Å². The Morgan fingerprint density at radius 1 is 1.05 bits per heavy atom. The second kappa shape index (κ2) is 6.48. The summed E-state index contributed by atoms with van der Waals surface area (Å²) in [5.74, 6) is -0.156. The van der Waals surface area contributed by atoms with Crippen molar-refractivity contribution < 1.29 is 4.39 Å². The van der Waals surface area contributed by atoms with Crippen molar-refractivity contribution in [2.24, 2.45) is 0 Å². The van der Waals surface area contributed by atoms with Crippen LogP contribution in [0.15, 0.2) is 48.5 Å². The molecule has 1 N–H and O–H groups in total. The van der Waals surface area contributed by atoms with E-state index >= 15 is 0 Å². The van der Waals surface area contributed by atoms with Crippen LogP contribution >= 0.6 is 0 Å². The highest BCUT2D eigenvalue weighted by Crippen LogP contribution is 2.24. The maximum atomic E-state index is 14.0. The molecule has 0 aliphatic carbocycles. The van der Waals surface area contributed by atoms with E-state index in [0.29, 0.717) is 5.56 Å². The lowest BCUT2D eigenvalue weighted by Gasteiger charge is -2.20. The Morgan fingerprint density at radius 3 is 2.37 bits per heavy atom. The van der Waals surface area contributed by atoms with Crippen molar-refractivity contribution in [1.29, 1.82) is 0 Å². The zero-order chi connectivity index (χ0) is 13.7. The summed E-state index contributed by atoms with van der Waals surface area (Å²) in [6.07, 6.45) is 1.02. The number of aryl methyl sites for hydroxylation is 1. The van der Waals surface area contributed by atoms with E-state index in [1.165, 1.54) is 11.6 Å². The molecule has 1 atom stereocenters. The van der Waals surface area contributed by atoms with E-state index in [2.05, 4.69) is 43.4 Å². The summed E-state index contributed by atoms with van der Waals surface area (Å²) in [6, 6.07) is 15.2. The minimum atomic E-state index is -0.156. The molecule has 0 aliphatic heterocycles. The smallest absolute Gasteiger partial charge is 0.128 e. The van der Waals surface area contributed by atoms with Crippen LogP contribution < -0.4 is 5.32 Å². The highest BCUT2D eigenvalue weighted by atomic mass is 19.1. The molecule has 0 aliphatic rings. The summed E-state index contributed by atoms with van der Waals surface area (Å²) in [6.45, 7) is 5.04. The maximum absolute atomic E-state index is 14.0. The molecule has 0 saturated heterocycles. The molecule has 0 radical (unpaired) electrons. The summed E-state index contributed by atoms with van der Waals surface area (Å²) in [5, 5.41) is 3.42. The van der Waals surface area contributed by atoms with Gasteiger partial charge in [0.25, 0.3) is 0 Å². The van der Waals surface area contributed by atoms with Gasteiger partial charge in [0.2, 0.25) is 0 Å². The third-order valence-electron chi connectivity index (χ3n) is 3.23. The maximum Gasteiger partial charge on any atom is 0.128 e. The van der Waals surface area contributed by atoms with Crippen LogP contribution in [0.3, 0.4) is 0 Å². The fraction of sp³-hybridized carbons (Fsp3) is 0.294. The van der Waals surface area contributed by atoms with Crippen molar-refractivity contribution in [3.63, 3.8) is 0 Å². The Balaban J connectivity index is 2.35. The molecule has 0 fully saturated rings. The summed E-state index contributed by atoms with van der Waals surface area (Å²) in [4.78, 5) is 0. The van der Waals surface area contributed by atoms with E-state index in [1.54, 1.807) is 6.07 Å². The van der Waals surface area contributed by atoms with E-state index in [0.717, 1.165) is 18.5 Å². The van der Waals surface area contributed by atoms with Crippen LogP contribution in [-0.2, 0) is 0 Å². The quantitative estimate of drug-likeness (QED) is 0.845. The van der Waals surface area contributed by atoms with Crippen LogP contribution in [-0.4, -0.2) is 6.54 Å². The van der Waals surface area contributed by atoms with E-state index < -0.39 is 0 Å². The SMILES string of the molecule is CCCNC(c1ccc(C)cc1)c1ccccc1F. The second-order valence-electron chi connectivity index (χ2n) is 4.82. The van der Waals surface area contributed by atoms with Crippen molar-refractivity contribution in [2.45, 2.75) is 26.3 Å². The van der Waals surface area contributed by atoms with Crippen molar-refractivity contribution in [3.05, 3.63) is 71.0 Å². The fourth-order valence-electron chi connectivity index (χ4n) is 2.16. The van der Waals surface area contributed by atoms with Crippen molar-refractivity contribution in [3.8, 4) is 0 Å². The highest BCUT2D eigenvalue weighted by molar-refractivity contribution is 5.34. The van der Waals surface area contributed by atoms with Crippen LogP contribution in [0.1, 0.15) is 36.1 Å². The van der Waals surface area contributed by atoms with Gasteiger partial charge in [0.05, 0.1) is 6.04 Å². The molecule has 100 valence electrons. The standard InChI is InChI=1S/C17H20FN/c1-3-12-19-17(14-10-8-13(2)9-11-14)15-6-4-5-7-16(15)18/h4-11,17,19H,3,12H2,1-2H3. The first-order valence-electron chi connectivity index (χ1n) is 6.76. The Hall–Kier alpha value is -1.67. The molecule has 2 heteroatoms. The molecule has 2 aromatic rings. The van der Waals surface area contributed by atoms with Gasteiger partial charge in [-0.2, -0.15) is 0 Å². The van der Waals surface area contributed by atoms with Crippen LogP contribution in [0.4, 0.5) is 4.39 Å². The molecule has 1 nitrogen and oxygen atoms in total. The largest absolute Gasteiger partial charge is 0.306 e. The number of hydrogen-bond donors (Lipinski definition) is 1. The molecule has 0 amide bonds. The average molecular weight is 257 g/mol. The number of rotatable bonds is 5. The first-order chi connectivity index (χ1) is 9.22. The summed E-state index contributed by atoms with van der Waals surface area (Å²) in [5.41, 5.74) is 3.02. The summed E-state index contributed by atoms with van der Waals surface area (Å²) < 4.78 is 14.0. The van der Waals surface area contributed by atoms with Gasteiger partial charge in [-0.1, -0.05) is 55.0 Å². The van der Waals surface area contributed by atoms with E-state index in [9.17, 15) is 4.39 Å². The van der Waals surface area contributed by atoms with E-state index in [-0.39, 0.29) is 11.9 Å². The van der Waals surface area contributed by atoms with Gasteiger partial charge >= 0.3 is 0 Å². The molecule has 0 heterocycles. The molecule has 0 spiro atoms. The molecule has 1 unspecified atom stereocenters. The van der Waals surface area contributed by atoms with Gasteiger partial charge in [-0.15, -0.1) is 0 Å². The molecule has 2 rings (SSSR count). The Labute approximate surface area is 114 Å². The average Bonchev–Trinajstić information content (AvgIpc) is 2.43. The van der Waals surface area contributed by atoms with Crippen molar-refractivity contribution in [1.82, 2.24) is 5.32 Å². The van der Waals surface area contributed by atoms with Crippen LogP contribution in [0, 0.1) is 12.7 Å². The first-order valence-corrected chi connectivity index (χ1v) is 6.76. The third-order valence-corrected chi connectivity index (χ3v) is 3.23. The zero-order valence-electron chi connectivity index (χ0n) is 11.5. The van der Waals surface area contributed by atoms with Crippen LogP contribution in [0.2, 0.25) is 0 Å². The lowest BCUT2D eigenvalue weighted by atomic mass is 9.97. The van der Waals surface area contributed by atoms with Crippen LogP contribution in [0.5, 0.6) is 0 Å².